The molecular weight excluding hydrogens is 393 g/mol. The summed E-state index contributed by atoms with van der Waals surface area (Å²) in [6.45, 7) is 5.65. The highest BCUT2D eigenvalue weighted by atomic mass is 35.5. The van der Waals surface area contributed by atoms with Gasteiger partial charge in [0.1, 0.15) is 0 Å². The Bertz CT molecular complexity index is 878. The minimum Gasteiger partial charge on any atom is -0.369 e. The second kappa shape index (κ2) is 8.32. The van der Waals surface area contributed by atoms with Gasteiger partial charge in [0.2, 0.25) is 5.91 Å². The Morgan fingerprint density at radius 3 is 2.54 bits per heavy atom. The predicted octanol–water partition coefficient (Wildman–Crippen LogP) is 3.87. The number of rotatable bonds is 3. The number of fused-ring (bicyclic) bond motifs is 1. The first-order chi connectivity index (χ1) is 13.5. The molecule has 0 aromatic heterocycles. The number of piperazine rings is 1. The molecule has 0 spiro atoms. The van der Waals surface area contributed by atoms with Gasteiger partial charge in [-0.05, 0) is 48.4 Å². The molecular formula is C22H25Cl2N3O. The number of carbonyl (C=O) groups is 1. The number of anilines is 1. The third-order valence-corrected chi connectivity index (χ3v) is 6.52. The largest absolute Gasteiger partial charge is 0.369 e. The van der Waals surface area contributed by atoms with E-state index in [2.05, 4.69) is 35.0 Å². The molecule has 4 nitrogen and oxygen atoms in total. The zero-order valence-electron chi connectivity index (χ0n) is 16.1. The van der Waals surface area contributed by atoms with Gasteiger partial charge in [-0.2, -0.15) is 0 Å². The third kappa shape index (κ3) is 4.14. The summed E-state index contributed by atoms with van der Waals surface area (Å²) in [5.74, 6) is 0.136. The van der Waals surface area contributed by atoms with E-state index in [1.54, 1.807) is 12.1 Å². The SMILES string of the molecule is CN1CCN(c2cccc3c2CN(C(=O)Cc2ccc(Cl)c(Cl)c2)CC3)CC1. The maximum absolute atomic E-state index is 12.9. The van der Waals surface area contributed by atoms with E-state index in [4.69, 9.17) is 23.2 Å². The molecule has 0 unspecified atom stereocenters. The fraction of sp³-hybridized carbons (Fsp3) is 0.409. The molecule has 0 atom stereocenters. The van der Waals surface area contributed by atoms with Crippen LogP contribution in [0.15, 0.2) is 36.4 Å². The Morgan fingerprint density at radius 1 is 1.00 bits per heavy atom. The van der Waals surface area contributed by atoms with Crippen LogP contribution in [-0.2, 0) is 24.2 Å². The van der Waals surface area contributed by atoms with E-state index in [0.717, 1.165) is 44.7 Å². The maximum atomic E-state index is 12.9. The van der Waals surface area contributed by atoms with Crippen molar-refractivity contribution in [2.24, 2.45) is 0 Å². The number of amides is 1. The van der Waals surface area contributed by atoms with Crippen molar-refractivity contribution in [1.29, 1.82) is 0 Å². The van der Waals surface area contributed by atoms with Gasteiger partial charge in [-0.25, -0.2) is 0 Å². The molecule has 2 aliphatic rings. The van der Waals surface area contributed by atoms with E-state index < -0.39 is 0 Å². The highest BCUT2D eigenvalue weighted by Crippen LogP contribution is 2.30. The van der Waals surface area contributed by atoms with Crippen molar-refractivity contribution in [3.05, 3.63) is 63.1 Å². The molecule has 2 aliphatic heterocycles. The average Bonchev–Trinajstić information content (AvgIpc) is 2.70. The molecule has 28 heavy (non-hydrogen) atoms. The summed E-state index contributed by atoms with van der Waals surface area (Å²) < 4.78 is 0. The first-order valence-corrected chi connectivity index (χ1v) is 10.5. The summed E-state index contributed by atoms with van der Waals surface area (Å²) in [6, 6.07) is 12.0. The Kier molecular flexibility index (Phi) is 5.81. The van der Waals surface area contributed by atoms with Gasteiger partial charge in [-0.3, -0.25) is 4.79 Å². The quantitative estimate of drug-likeness (QED) is 0.757. The predicted molar refractivity (Wildman–Crippen MR) is 115 cm³/mol. The summed E-state index contributed by atoms with van der Waals surface area (Å²) in [4.78, 5) is 19.7. The van der Waals surface area contributed by atoms with Gasteiger partial charge < -0.3 is 14.7 Å². The Hall–Kier alpha value is -1.75. The van der Waals surface area contributed by atoms with E-state index in [9.17, 15) is 4.79 Å². The number of halogens is 2. The number of nitrogens with zero attached hydrogens (tertiary/aromatic N) is 3. The number of hydrogen-bond acceptors (Lipinski definition) is 3. The number of benzene rings is 2. The lowest BCUT2D eigenvalue weighted by Gasteiger charge is -2.38. The molecule has 6 heteroatoms. The van der Waals surface area contributed by atoms with Crippen LogP contribution in [0, 0.1) is 0 Å². The first-order valence-electron chi connectivity index (χ1n) is 9.77. The zero-order valence-corrected chi connectivity index (χ0v) is 17.6. The average molecular weight is 418 g/mol. The molecule has 2 heterocycles. The molecule has 148 valence electrons. The lowest BCUT2D eigenvalue weighted by atomic mass is 9.96. The monoisotopic (exact) mass is 417 g/mol. The zero-order chi connectivity index (χ0) is 19.7. The van der Waals surface area contributed by atoms with Gasteiger partial charge in [0, 0.05) is 45.0 Å². The lowest BCUT2D eigenvalue weighted by Crippen LogP contribution is -2.45. The molecule has 0 N–H and O–H groups in total. The normalized spacial score (nSPS) is 17.5. The standard InChI is InChI=1S/C22H25Cl2N3O/c1-25-9-11-26(12-10-25)21-4-2-3-17-7-8-27(15-18(17)21)22(28)14-16-5-6-19(23)20(24)13-16/h2-6,13H,7-12,14-15H2,1H3. The molecule has 1 amide bonds. The smallest absolute Gasteiger partial charge is 0.227 e. The maximum Gasteiger partial charge on any atom is 0.227 e. The van der Waals surface area contributed by atoms with Crippen LogP contribution in [0.25, 0.3) is 0 Å². The van der Waals surface area contributed by atoms with Gasteiger partial charge >= 0.3 is 0 Å². The lowest BCUT2D eigenvalue weighted by molar-refractivity contribution is -0.131. The Balaban J connectivity index is 1.50. The number of carbonyl (C=O) groups excluding carboxylic acids is 1. The summed E-state index contributed by atoms with van der Waals surface area (Å²) in [5.41, 5.74) is 4.87. The van der Waals surface area contributed by atoms with Crippen LogP contribution < -0.4 is 4.90 Å². The van der Waals surface area contributed by atoms with Gasteiger partial charge in [-0.1, -0.05) is 41.4 Å². The summed E-state index contributed by atoms with van der Waals surface area (Å²) in [7, 11) is 2.17. The molecule has 2 aromatic carbocycles. The summed E-state index contributed by atoms with van der Waals surface area (Å²) in [6.07, 6.45) is 1.26. The van der Waals surface area contributed by atoms with Crippen molar-refractivity contribution in [1.82, 2.24) is 9.80 Å². The fourth-order valence-corrected chi connectivity index (χ4v) is 4.38. The summed E-state index contributed by atoms with van der Waals surface area (Å²) in [5, 5.41) is 1.01. The molecule has 1 saturated heterocycles. The van der Waals surface area contributed by atoms with Crippen LogP contribution in [0.5, 0.6) is 0 Å². The van der Waals surface area contributed by atoms with E-state index in [1.807, 2.05) is 11.0 Å². The van der Waals surface area contributed by atoms with Crippen molar-refractivity contribution in [2.75, 3.05) is 44.7 Å². The second-order valence-electron chi connectivity index (χ2n) is 7.70. The van der Waals surface area contributed by atoms with E-state index in [0.29, 0.717) is 23.0 Å². The van der Waals surface area contributed by atoms with Gasteiger partial charge in [0.25, 0.3) is 0 Å². The Labute approximate surface area is 176 Å². The number of hydrogen-bond donors (Lipinski definition) is 0. The van der Waals surface area contributed by atoms with Crippen molar-refractivity contribution in [3.8, 4) is 0 Å². The first kappa shape index (κ1) is 19.6. The molecule has 0 saturated carbocycles. The van der Waals surface area contributed by atoms with Crippen LogP contribution in [-0.4, -0.2) is 55.5 Å². The molecule has 0 radical (unpaired) electrons. The van der Waals surface area contributed by atoms with Crippen molar-refractivity contribution < 1.29 is 4.79 Å². The van der Waals surface area contributed by atoms with Crippen molar-refractivity contribution >= 4 is 34.8 Å². The molecule has 1 fully saturated rings. The van der Waals surface area contributed by atoms with E-state index in [-0.39, 0.29) is 5.91 Å². The van der Waals surface area contributed by atoms with Crippen LogP contribution >= 0.6 is 23.2 Å². The van der Waals surface area contributed by atoms with Crippen molar-refractivity contribution in [2.45, 2.75) is 19.4 Å². The molecule has 2 aromatic rings. The topological polar surface area (TPSA) is 26.8 Å². The summed E-state index contributed by atoms with van der Waals surface area (Å²) >= 11 is 12.1. The minimum atomic E-state index is 0.136. The van der Waals surface area contributed by atoms with Crippen molar-refractivity contribution in [3.63, 3.8) is 0 Å². The minimum absolute atomic E-state index is 0.136. The highest BCUT2D eigenvalue weighted by molar-refractivity contribution is 6.42. The highest BCUT2D eigenvalue weighted by Gasteiger charge is 2.25. The Morgan fingerprint density at radius 2 is 1.79 bits per heavy atom. The van der Waals surface area contributed by atoms with Gasteiger partial charge in [0.05, 0.1) is 16.5 Å². The van der Waals surface area contributed by atoms with E-state index in [1.165, 1.54) is 16.8 Å². The van der Waals surface area contributed by atoms with Crippen LogP contribution in [0.3, 0.4) is 0 Å². The molecule has 4 rings (SSSR count). The molecule has 0 bridgehead atoms. The fourth-order valence-electron chi connectivity index (χ4n) is 4.06. The van der Waals surface area contributed by atoms with E-state index >= 15 is 0 Å². The van der Waals surface area contributed by atoms with Gasteiger partial charge in [0.15, 0.2) is 0 Å². The van der Waals surface area contributed by atoms with Crippen LogP contribution in [0.4, 0.5) is 5.69 Å². The third-order valence-electron chi connectivity index (χ3n) is 5.78. The molecule has 0 aliphatic carbocycles. The van der Waals surface area contributed by atoms with Crippen LogP contribution in [0.2, 0.25) is 10.0 Å². The second-order valence-corrected chi connectivity index (χ2v) is 8.51. The van der Waals surface area contributed by atoms with Gasteiger partial charge in [-0.15, -0.1) is 0 Å². The number of likely N-dealkylation sites (N-methyl/N-ethyl adjacent to an activating group) is 1. The van der Waals surface area contributed by atoms with Crippen LogP contribution in [0.1, 0.15) is 16.7 Å².